The van der Waals surface area contributed by atoms with E-state index in [0.717, 1.165) is 44.5 Å². The van der Waals surface area contributed by atoms with Gasteiger partial charge in [0, 0.05) is 48.7 Å². The van der Waals surface area contributed by atoms with Gasteiger partial charge in [-0.3, -0.25) is 4.57 Å². The van der Waals surface area contributed by atoms with Crippen LogP contribution in [0.25, 0.3) is 120 Å². The molecule has 0 atom stereocenters. The summed E-state index contributed by atoms with van der Waals surface area (Å²) in [7, 11) is 0. The van der Waals surface area contributed by atoms with Gasteiger partial charge in [0.05, 0.1) is 33.1 Å². The van der Waals surface area contributed by atoms with Crippen LogP contribution in [-0.4, -0.2) is 18.9 Å². The highest BCUT2D eigenvalue weighted by Crippen LogP contribution is 2.48. The van der Waals surface area contributed by atoms with E-state index in [-0.39, 0.29) is 0 Å². The van der Waals surface area contributed by atoms with Gasteiger partial charge in [-0.2, -0.15) is 0 Å². The van der Waals surface area contributed by atoms with E-state index < -0.39 is 0 Å². The summed E-state index contributed by atoms with van der Waals surface area (Å²) in [4.78, 5) is 10.9. The van der Waals surface area contributed by atoms with Crippen molar-refractivity contribution < 1.29 is 0 Å². The summed E-state index contributed by atoms with van der Waals surface area (Å²) < 4.78 is 4.93. The Morgan fingerprint density at radius 3 is 1.85 bits per heavy atom. The molecule has 0 unspecified atom stereocenters. The smallest absolute Gasteiger partial charge is 0.162 e. The van der Waals surface area contributed by atoms with Crippen molar-refractivity contribution in [3.63, 3.8) is 0 Å². The molecule has 4 heterocycles. The third-order valence-electron chi connectivity index (χ3n) is 11.8. The number of hydrogen-bond donors (Lipinski definition) is 0. The number of fused-ring (bicyclic) bond motifs is 16. The maximum Gasteiger partial charge on any atom is 0.162 e. The molecule has 0 aliphatic rings. The Morgan fingerprint density at radius 2 is 1.00 bits per heavy atom. The van der Waals surface area contributed by atoms with Gasteiger partial charge >= 0.3 is 0 Å². The highest BCUT2D eigenvalue weighted by atomic mass is 15.1. The fourth-order valence-corrected chi connectivity index (χ4v) is 9.58. The van der Waals surface area contributed by atoms with Crippen LogP contribution in [0.3, 0.4) is 0 Å². The van der Waals surface area contributed by atoms with E-state index in [4.69, 9.17) is 9.97 Å². The monoisotopic (exact) mass is 684 g/mol. The zero-order valence-corrected chi connectivity index (χ0v) is 29.0. The summed E-state index contributed by atoms with van der Waals surface area (Å²) in [5, 5.41) is 15.8. The van der Waals surface area contributed by atoms with Crippen LogP contribution in [0.2, 0.25) is 0 Å². The molecule has 0 saturated carbocycles. The molecule has 248 valence electrons. The van der Waals surface area contributed by atoms with E-state index >= 15 is 0 Å². The second kappa shape index (κ2) is 10.2. The Balaban J connectivity index is 1.24. The second-order valence-corrected chi connectivity index (χ2v) is 14.5. The van der Waals surface area contributed by atoms with E-state index in [1.807, 2.05) is 0 Å². The van der Waals surface area contributed by atoms with Gasteiger partial charge in [0.1, 0.15) is 5.82 Å². The number of nitrogens with zero attached hydrogens (tertiary/aromatic N) is 4. The van der Waals surface area contributed by atoms with Gasteiger partial charge in [-0.05, 0) is 63.3 Å². The third kappa shape index (κ3) is 3.52. The molecule has 9 aromatic carbocycles. The predicted molar refractivity (Wildman–Crippen MR) is 226 cm³/mol. The largest absolute Gasteiger partial charge is 0.307 e. The van der Waals surface area contributed by atoms with Gasteiger partial charge in [0.15, 0.2) is 5.82 Å². The molecular weight excluding hydrogens is 657 g/mol. The lowest BCUT2D eigenvalue weighted by Gasteiger charge is -2.14. The Hall–Kier alpha value is -7.30. The van der Waals surface area contributed by atoms with Gasteiger partial charge in [0.2, 0.25) is 0 Å². The third-order valence-corrected chi connectivity index (χ3v) is 11.8. The van der Waals surface area contributed by atoms with Crippen LogP contribution in [0.4, 0.5) is 0 Å². The molecule has 13 aromatic rings. The van der Waals surface area contributed by atoms with Gasteiger partial charge in [-0.1, -0.05) is 133 Å². The molecule has 54 heavy (non-hydrogen) atoms. The SMILES string of the molecule is c1ccc2c(c1)cc(-c1nc(-n3c4ccccc4c4c5c6ccc7ccccc7c6n6c7ccccc7c(cc43)c56)c3ccccc3n1)c1ccccc12. The van der Waals surface area contributed by atoms with Gasteiger partial charge in [-0.15, -0.1) is 0 Å². The molecule has 0 saturated heterocycles. The van der Waals surface area contributed by atoms with Crippen molar-refractivity contribution in [2.45, 2.75) is 0 Å². The topological polar surface area (TPSA) is 35.1 Å². The second-order valence-electron chi connectivity index (χ2n) is 14.5. The summed E-state index contributed by atoms with van der Waals surface area (Å²) in [6, 6.07) is 61.5. The van der Waals surface area contributed by atoms with Crippen LogP contribution in [0.5, 0.6) is 0 Å². The van der Waals surface area contributed by atoms with Gasteiger partial charge < -0.3 is 4.40 Å². The van der Waals surface area contributed by atoms with Crippen LogP contribution >= 0.6 is 0 Å². The summed E-state index contributed by atoms with van der Waals surface area (Å²) in [6.07, 6.45) is 0. The first-order valence-electron chi connectivity index (χ1n) is 18.5. The minimum atomic E-state index is 0.718. The van der Waals surface area contributed by atoms with Crippen molar-refractivity contribution in [3.05, 3.63) is 170 Å². The lowest BCUT2D eigenvalue weighted by atomic mass is 9.97. The van der Waals surface area contributed by atoms with E-state index in [2.05, 4.69) is 179 Å². The molecule has 0 fully saturated rings. The first-order chi connectivity index (χ1) is 26.8. The van der Waals surface area contributed by atoms with Crippen molar-refractivity contribution in [1.82, 2.24) is 18.9 Å². The Morgan fingerprint density at radius 1 is 0.352 bits per heavy atom. The molecule has 0 radical (unpaired) electrons. The van der Waals surface area contributed by atoms with Gasteiger partial charge in [0.25, 0.3) is 0 Å². The number of hydrogen-bond acceptors (Lipinski definition) is 2. The van der Waals surface area contributed by atoms with Crippen LogP contribution < -0.4 is 0 Å². The summed E-state index contributed by atoms with van der Waals surface area (Å²) >= 11 is 0. The first kappa shape index (κ1) is 28.3. The minimum absolute atomic E-state index is 0.718. The van der Waals surface area contributed by atoms with Crippen LogP contribution in [0, 0.1) is 0 Å². The fraction of sp³-hybridized carbons (Fsp3) is 0. The van der Waals surface area contributed by atoms with Crippen molar-refractivity contribution >= 4 is 103 Å². The highest BCUT2D eigenvalue weighted by Gasteiger charge is 2.26. The molecule has 0 bridgehead atoms. The lowest BCUT2D eigenvalue weighted by molar-refractivity contribution is 1.08. The van der Waals surface area contributed by atoms with Crippen molar-refractivity contribution in [3.8, 4) is 17.2 Å². The molecule has 4 nitrogen and oxygen atoms in total. The maximum absolute atomic E-state index is 5.60. The van der Waals surface area contributed by atoms with Crippen LogP contribution in [0.15, 0.2) is 170 Å². The summed E-state index contributed by atoms with van der Waals surface area (Å²) in [5.74, 6) is 1.60. The molecule has 13 rings (SSSR count). The Kier molecular flexibility index (Phi) is 5.34. The molecule has 0 N–H and O–H groups in total. The average molecular weight is 685 g/mol. The first-order valence-corrected chi connectivity index (χ1v) is 18.5. The molecular formula is C50H28N4. The van der Waals surface area contributed by atoms with Crippen molar-refractivity contribution in [2.75, 3.05) is 0 Å². The minimum Gasteiger partial charge on any atom is -0.307 e. The van der Waals surface area contributed by atoms with E-state index in [0.29, 0.717) is 0 Å². The van der Waals surface area contributed by atoms with Crippen LogP contribution in [0.1, 0.15) is 0 Å². The maximum atomic E-state index is 5.60. The number of para-hydroxylation sites is 3. The zero-order chi connectivity index (χ0) is 35.1. The number of benzene rings is 9. The van der Waals surface area contributed by atoms with Gasteiger partial charge in [-0.25, -0.2) is 9.97 Å². The highest BCUT2D eigenvalue weighted by molar-refractivity contribution is 6.37. The van der Waals surface area contributed by atoms with Crippen molar-refractivity contribution in [2.24, 2.45) is 0 Å². The van der Waals surface area contributed by atoms with Crippen molar-refractivity contribution in [1.29, 1.82) is 0 Å². The molecule has 4 aromatic heterocycles. The number of aromatic nitrogens is 4. The molecule has 0 aliphatic heterocycles. The fourth-order valence-electron chi connectivity index (χ4n) is 9.58. The molecule has 0 amide bonds. The zero-order valence-electron chi connectivity index (χ0n) is 29.0. The Labute approximate surface area is 308 Å². The lowest BCUT2D eigenvalue weighted by Crippen LogP contribution is -2.03. The predicted octanol–water partition coefficient (Wildman–Crippen LogP) is 13.0. The summed E-state index contributed by atoms with van der Waals surface area (Å²) in [5.41, 5.74) is 7.97. The Bertz CT molecular complexity index is 3740. The van der Waals surface area contributed by atoms with E-state index in [9.17, 15) is 0 Å². The van der Waals surface area contributed by atoms with E-state index in [1.54, 1.807) is 0 Å². The normalized spacial score (nSPS) is 12.4. The van der Waals surface area contributed by atoms with E-state index in [1.165, 1.54) is 75.8 Å². The standard InChI is InChI=1S/C50H28N4/c1-4-16-32-29(13-1)25-26-38-46-45-37-21-9-12-24-43(37)53(44(45)28-39-35-19-8-11-23-42(35)54(47(32)38)48(39)46)50-36-20-7-10-22-41(36)51-49(52-50)40-27-30-14-2-3-15-31(30)33-17-5-6-18-34(33)40/h1-28H. The number of rotatable bonds is 2. The van der Waals surface area contributed by atoms with Crippen LogP contribution in [-0.2, 0) is 0 Å². The summed E-state index contributed by atoms with van der Waals surface area (Å²) in [6.45, 7) is 0. The average Bonchev–Trinajstić information content (AvgIpc) is 3.87. The molecule has 4 heteroatoms. The quantitative estimate of drug-likeness (QED) is 0.170. The molecule has 0 spiro atoms. The molecule has 0 aliphatic carbocycles.